The number of thioether (sulfide) groups is 1. The van der Waals surface area contributed by atoms with Crippen molar-refractivity contribution in [2.45, 2.75) is 11.5 Å². The number of hydrogen-bond acceptors (Lipinski definition) is 1. The molecule has 0 spiro atoms. The highest BCUT2D eigenvalue weighted by Gasteiger charge is 2.18. The molecule has 0 unspecified atom stereocenters. The maximum atomic E-state index is 2.44. The van der Waals surface area contributed by atoms with Crippen LogP contribution in [0.25, 0.3) is 77.9 Å². The van der Waals surface area contributed by atoms with Crippen LogP contribution in [-0.2, 0) is 11.5 Å². The Labute approximate surface area is 305 Å². The fourth-order valence-electron chi connectivity index (χ4n) is 7.31. The highest BCUT2D eigenvalue weighted by molar-refractivity contribution is 7.97. The Morgan fingerprint density at radius 1 is 0.235 bits per heavy atom. The summed E-state index contributed by atoms with van der Waals surface area (Å²) in [7, 11) is 0. The van der Waals surface area contributed by atoms with Crippen molar-refractivity contribution in [3.8, 4) is 77.9 Å². The van der Waals surface area contributed by atoms with Crippen LogP contribution in [0.15, 0.2) is 194 Å². The van der Waals surface area contributed by atoms with Gasteiger partial charge in [0.2, 0.25) is 0 Å². The molecule has 1 heterocycles. The third-order valence-corrected chi connectivity index (χ3v) is 11.0. The van der Waals surface area contributed by atoms with E-state index in [4.69, 9.17) is 0 Å². The summed E-state index contributed by atoms with van der Waals surface area (Å²) in [5.74, 6) is 2.00. The van der Waals surface area contributed by atoms with E-state index in [0.29, 0.717) is 0 Å². The van der Waals surface area contributed by atoms with Gasteiger partial charge in [-0.05, 0) is 138 Å². The molecule has 1 aliphatic rings. The number of fused-ring (bicyclic) bond motifs is 3. The Bertz CT molecular complexity index is 2170. The van der Waals surface area contributed by atoms with Crippen molar-refractivity contribution >= 4 is 11.8 Å². The Hall–Kier alpha value is -5.89. The molecule has 0 saturated carbocycles. The monoisotopic (exact) mass is 668 g/mol. The molecular formula is C50H36S. The van der Waals surface area contributed by atoms with Gasteiger partial charge in [0.25, 0.3) is 0 Å². The van der Waals surface area contributed by atoms with Gasteiger partial charge in [-0.3, -0.25) is 0 Å². The average molecular weight is 669 g/mol. The summed E-state index contributed by atoms with van der Waals surface area (Å²) in [6.07, 6.45) is 0. The minimum Gasteiger partial charge on any atom is -0.152 e. The highest BCUT2D eigenvalue weighted by atomic mass is 32.2. The predicted molar refractivity (Wildman–Crippen MR) is 219 cm³/mol. The summed E-state index contributed by atoms with van der Waals surface area (Å²) in [5, 5.41) is 0. The molecule has 0 fully saturated rings. The van der Waals surface area contributed by atoms with E-state index in [1.807, 2.05) is 11.8 Å². The fraction of sp³-hybridized carbons (Fsp3) is 0.0400. The topological polar surface area (TPSA) is 0 Å². The molecular weight excluding hydrogens is 633 g/mol. The SMILES string of the molecule is c1ccc(-c2cc(-c3ccccc3)cc(-c3ccc4c(c3)-c3cc(-c5cc(-c6ccccc6)cc(-c6ccccc6)c5)ccc3CSC4)c2)cc1. The molecule has 0 aliphatic carbocycles. The molecule has 0 aromatic heterocycles. The molecule has 0 saturated heterocycles. The second-order valence-corrected chi connectivity index (χ2v) is 14.3. The molecule has 0 atom stereocenters. The molecule has 1 heteroatoms. The van der Waals surface area contributed by atoms with Gasteiger partial charge in [-0.2, -0.15) is 11.8 Å². The van der Waals surface area contributed by atoms with Gasteiger partial charge in [-0.1, -0.05) is 146 Å². The third-order valence-electron chi connectivity index (χ3n) is 9.99. The zero-order valence-electron chi connectivity index (χ0n) is 28.3. The minimum absolute atomic E-state index is 1.00. The van der Waals surface area contributed by atoms with E-state index in [1.165, 1.54) is 89.0 Å². The minimum atomic E-state index is 1.00. The van der Waals surface area contributed by atoms with Crippen molar-refractivity contribution in [1.29, 1.82) is 0 Å². The van der Waals surface area contributed by atoms with E-state index in [2.05, 4.69) is 194 Å². The molecule has 0 nitrogen and oxygen atoms in total. The molecule has 0 N–H and O–H groups in total. The number of rotatable bonds is 6. The average Bonchev–Trinajstić information content (AvgIpc) is 3.40. The lowest BCUT2D eigenvalue weighted by Crippen LogP contribution is -1.92. The summed E-state index contributed by atoms with van der Waals surface area (Å²) in [6.45, 7) is 0. The van der Waals surface area contributed by atoms with Crippen LogP contribution >= 0.6 is 11.8 Å². The van der Waals surface area contributed by atoms with E-state index in [-0.39, 0.29) is 0 Å². The first kappa shape index (κ1) is 31.1. The first-order chi connectivity index (χ1) is 25.2. The molecule has 8 aromatic rings. The van der Waals surface area contributed by atoms with Gasteiger partial charge in [0.1, 0.15) is 0 Å². The zero-order chi connectivity index (χ0) is 34.0. The van der Waals surface area contributed by atoms with Crippen molar-refractivity contribution < 1.29 is 0 Å². The van der Waals surface area contributed by atoms with E-state index >= 15 is 0 Å². The smallest absolute Gasteiger partial charge is 0.0194 e. The largest absolute Gasteiger partial charge is 0.152 e. The molecule has 1 aliphatic heterocycles. The van der Waals surface area contributed by atoms with Crippen molar-refractivity contribution in [3.63, 3.8) is 0 Å². The van der Waals surface area contributed by atoms with Crippen molar-refractivity contribution in [1.82, 2.24) is 0 Å². The lowest BCUT2D eigenvalue weighted by Gasteiger charge is -2.16. The standard InChI is InChI=1S/C50H36S/c1-5-13-35(14-6-1)43-25-44(36-15-7-2-8-16-36)28-47(27-43)39-21-23-41-33-51-34-42-24-22-40(32-50(42)49(41)31-39)48-29-45(37-17-9-3-10-18-37)26-46(30-48)38-19-11-4-12-20-38/h1-32H,33-34H2. The highest BCUT2D eigenvalue weighted by Crippen LogP contribution is 2.42. The van der Waals surface area contributed by atoms with Crippen molar-refractivity contribution in [2.24, 2.45) is 0 Å². The lowest BCUT2D eigenvalue weighted by molar-refractivity contribution is 1.41. The van der Waals surface area contributed by atoms with Crippen LogP contribution in [0, 0.1) is 0 Å². The van der Waals surface area contributed by atoms with Gasteiger partial charge in [-0.15, -0.1) is 0 Å². The van der Waals surface area contributed by atoms with Gasteiger partial charge in [-0.25, -0.2) is 0 Å². The first-order valence-electron chi connectivity index (χ1n) is 17.6. The van der Waals surface area contributed by atoms with Gasteiger partial charge < -0.3 is 0 Å². The quantitative estimate of drug-likeness (QED) is 0.170. The molecule has 0 amide bonds. The maximum absolute atomic E-state index is 2.44. The van der Waals surface area contributed by atoms with Crippen molar-refractivity contribution in [3.05, 3.63) is 205 Å². The second-order valence-electron chi connectivity index (χ2n) is 13.3. The Balaban J connectivity index is 1.18. The molecule has 8 aromatic carbocycles. The third kappa shape index (κ3) is 6.45. The zero-order valence-corrected chi connectivity index (χ0v) is 29.1. The van der Waals surface area contributed by atoms with Crippen LogP contribution in [-0.4, -0.2) is 0 Å². The molecule has 0 radical (unpaired) electrons. The van der Waals surface area contributed by atoms with Crippen LogP contribution in [0.2, 0.25) is 0 Å². The molecule has 0 bridgehead atoms. The number of hydrogen-bond donors (Lipinski definition) is 0. The summed E-state index contributed by atoms with van der Waals surface area (Å²) < 4.78 is 0. The van der Waals surface area contributed by atoms with Crippen LogP contribution in [0.3, 0.4) is 0 Å². The summed E-state index contributed by atoms with van der Waals surface area (Å²) in [6, 6.07) is 71.3. The van der Waals surface area contributed by atoms with Gasteiger partial charge in [0.15, 0.2) is 0 Å². The summed E-state index contributed by atoms with van der Waals surface area (Å²) in [5.41, 5.74) is 20.2. The van der Waals surface area contributed by atoms with E-state index < -0.39 is 0 Å². The van der Waals surface area contributed by atoms with Gasteiger partial charge in [0.05, 0.1) is 0 Å². The van der Waals surface area contributed by atoms with Crippen LogP contribution in [0.1, 0.15) is 11.1 Å². The maximum Gasteiger partial charge on any atom is 0.0194 e. The van der Waals surface area contributed by atoms with E-state index in [9.17, 15) is 0 Å². The molecule has 51 heavy (non-hydrogen) atoms. The number of benzene rings is 8. The second kappa shape index (κ2) is 13.8. The Kier molecular flexibility index (Phi) is 8.41. The Morgan fingerprint density at radius 3 is 0.804 bits per heavy atom. The fourth-order valence-corrected chi connectivity index (χ4v) is 8.36. The van der Waals surface area contributed by atoms with E-state index in [1.54, 1.807) is 0 Å². The van der Waals surface area contributed by atoms with Crippen molar-refractivity contribution in [2.75, 3.05) is 0 Å². The summed E-state index contributed by atoms with van der Waals surface area (Å²) >= 11 is 2.00. The lowest BCUT2D eigenvalue weighted by atomic mass is 9.88. The summed E-state index contributed by atoms with van der Waals surface area (Å²) in [4.78, 5) is 0. The van der Waals surface area contributed by atoms with Crippen LogP contribution < -0.4 is 0 Å². The molecule has 242 valence electrons. The van der Waals surface area contributed by atoms with Gasteiger partial charge in [0, 0.05) is 11.5 Å². The normalized spacial score (nSPS) is 12.1. The molecule has 9 rings (SSSR count). The first-order valence-corrected chi connectivity index (χ1v) is 18.8. The van der Waals surface area contributed by atoms with Crippen LogP contribution in [0.4, 0.5) is 0 Å². The van der Waals surface area contributed by atoms with Crippen LogP contribution in [0.5, 0.6) is 0 Å². The predicted octanol–water partition coefficient (Wildman–Crippen LogP) is 14.1. The van der Waals surface area contributed by atoms with E-state index in [0.717, 1.165) is 11.5 Å². The Morgan fingerprint density at radius 2 is 0.510 bits per heavy atom. The van der Waals surface area contributed by atoms with Gasteiger partial charge >= 0.3 is 0 Å².